The molecule has 0 atom stereocenters. The highest BCUT2D eigenvalue weighted by Crippen LogP contribution is 2.31. The molecule has 1 saturated heterocycles. The van der Waals surface area contributed by atoms with Crippen molar-refractivity contribution in [1.82, 2.24) is 19.4 Å². The van der Waals surface area contributed by atoms with Crippen molar-refractivity contribution < 1.29 is 17.2 Å². The molecule has 12 heteroatoms. The van der Waals surface area contributed by atoms with Crippen LogP contribution in [-0.4, -0.2) is 43.9 Å². The number of hydrogen-bond donors (Lipinski definition) is 4. The summed E-state index contributed by atoms with van der Waals surface area (Å²) in [6.45, 7) is 4.79. The van der Waals surface area contributed by atoms with Crippen LogP contribution in [0, 0.1) is 6.92 Å². The molecule has 2 aromatic carbocycles. The van der Waals surface area contributed by atoms with Gasteiger partial charge in [0.1, 0.15) is 5.82 Å². The molecule has 1 aliphatic heterocycles. The van der Waals surface area contributed by atoms with Crippen LogP contribution in [0.2, 0.25) is 0 Å². The summed E-state index contributed by atoms with van der Waals surface area (Å²) in [5.74, 6) is -1.53. The lowest BCUT2D eigenvalue weighted by molar-refractivity contribution is -0.0220. The lowest BCUT2D eigenvalue weighted by atomic mass is 10.1. The normalized spacial score (nSPS) is 15.4. The van der Waals surface area contributed by atoms with E-state index in [1.807, 2.05) is 60.4 Å². The first-order chi connectivity index (χ1) is 17.6. The summed E-state index contributed by atoms with van der Waals surface area (Å²) in [7, 11) is -3.51. The number of alkyl halides is 2. The monoisotopic (exact) mass is 531 g/mol. The Kier molecular flexibility index (Phi) is 8.20. The molecule has 0 unspecified atom stereocenters. The first-order valence-electron chi connectivity index (χ1n) is 12.1. The Morgan fingerprint density at radius 2 is 1.57 bits per heavy atom. The largest absolute Gasteiger partial charge is 0.371 e. The van der Waals surface area contributed by atoms with E-state index in [1.165, 1.54) is 0 Å². The van der Waals surface area contributed by atoms with E-state index < -0.39 is 16.1 Å². The molecule has 0 spiro atoms. The van der Waals surface area contributed by atoms with Gasteiger partial charge in [-0.25, -0.2) is 18.5 Å². The maximum Gasteiger partial charge on any atom is 0.277 e. The van der Waals surface area contributed by atoms with Gasteiger partial charge in [0, 0.05) is 67.8 Å². The van der Waals surface area contributed by atoms with Crippen LogP contribution in [0.3, 0.4) is 0 Å². The molecular weight excluding hydrogens is 500 g/mol. The minimum absolute atomic E-state index is 0.127. The molecular formula is C25H31F2N7O2S. The van der Waals surface area contributed by atoms with Gasteiger partial charge in [-0.05, 0) is 48.9 Å². The van der Waals surface area contributed by atoms with Crippen molar-refractivity contribution in [3.63, 3.8) is 0 Å². The van der Waals surface area contributed by atoms with Crippen LogP contribution in [0.5, 0.6) is 0 Å². The van der Waals surface area contributed by atoms with E-state index in [4.69, 9.17) is 0 Å². The molecule has 0 aliphatic carbocycles. The van der Waals surface area contributed by atoms with Crippen molar-refractivity contribution in [3.05, 3.63) is 65.9 Å². The van der Waals surface area contributed by atoms with Gasteiger partial charge in [-0.3, -0.25) is 0 Å². The Labute approximate surface area is 215 Å². The topological polar surface area (TPSA) is 111 Å². The fourth-order valence-electron chi connectivity index (χ4n) is 3.87. The molecule has 1 aromatic heterocycles. The van der Waals surface area contributed by atoms with Crippen LogP contribution in [0.15, 0.2) is 54.7 Å². The quantitative estimate of drug-likeness (QED) is 0.306. The maximum absolute atomic E-state index is 13.4. The lowest BCUT2D eigenvalue weighted by Gasteiger charge is -2.33. The van der Waals surface area contributed by atoms with E-state index in [2.05, 4.69) is 30.0 Å². The Morgan fingerprint density at radius 3 is 2.22 bits per heavy atom. The zero-order valence-electron chi connectivity index (χ0n) is 20.8. The first-order valence-corrected chi connectivity index (χ1v) is 13.5. The van der Waals surface area contributed by atoms with E-state index in [1.54, 1.807) is 13.1 Å². The highest BCUT2D eigenvalue weighted by molar-refractivity contribution is 7.87. The summed E-state index contributed by atoms with van der Waals surface area (Å²) in [6.07, 6.45) is 1.46. The summed E-state index contributed by atoms with van der Waals surface area (Å²) >= 11 is 0. The number of hydrogen-bond acceptors (Lipinski definition) is 7. The van der Waals surface area contributed by atoms with E-state index >= 15 is 0 Å². The van der Waals surface area contributed by atoms with Gasteiger partial charge < -0.3 is 15.5 Å². The zero-order valence-corrected chi connectivity index (χ0v) is 21.6. The molecule has 0 bridgehead atoms. The molecule has 37 heavy (non-hydrogen) atoms. The second-order valence-corrected chi connectivity index (χ2v) is 10.5. The molecule has 2 heterocycles. The minimum atomic E-state index is -3.51. The molecule has 3 aromatic rings. The van der Waals surface area contributed by atoms with Gasteiger partial charge in [-0.2, -0.15) is 18.1 Å². The van der Waals surface area contributed by atoms with Crippen LogP contribution in [-0.2, 0) is 16.8 Å². The third-order valence-electron chi connectivity index (χ3n) is 5.97. The first kappa shape index (κ1) is 26.7. The smallest absolute Gasteiger partial charge is 0.277 e. The van der Waals surface area contributed by atoms with Crippen LogP contribution in [0.1, 0.15) is 30.9 Å². The fraction of sp³-hybridized carbons (Fsp3) is 0.360. The third kappa shape index (κ3) is 7.57. The fourth-order valence-corrected chi connectivity index (χ4v) is 4.71. The van der Waals surface area contributed by atoms with Gasteiger partial charge in [0.15, 0.2) is 0 Å². The van der Waals surface area contributed by atoms with Gasteiger partial charge in [0.2, 0.25) is 5.95 Å². The number of aryl methyl sites for hydroxylation is 1. The Hall–Kier alpha value is -3.35. The Bertz CT molecular complexity index is 1290. The van der Waals surface area contributed by atoms with Crippen LogP contribution < -0.4 is 25.0 Å². The molecule has 0 radical (unpaired) electrons. The summed E-state index contributed by atoms with van der Waals surface area (Å²) in [5, 5.41) is 6.45. The van der Waals surface area contributed by atoms with Gasteiger partial charge in [-0.1, -0.05) is 19.1 Å². The maximum atomic E-state index is 13.4. The number of anilines is 5. The van der Waals surface area contributed by atoms with E-state index in [9.17, 15) is 17.2 Å². The minimum Gasteiger partial charge on any atom is -0.371 e. The van der Waals surface area contributed by atoms with Crippen molar-refractivity contribution in [2.24, 2.45) is 0 Å². The van der Waals surface area contributed by atoms with Gasteiger partial charge in [0.05, 0.1) is 0 Å². The Balaban J connectivity index is 1.36. The van der Waals surface area contributed by atoms with Crippen LogP contribution >= 0.6 is 0 Å². The van der Waals surface area contributed by atoms with Gasteiger partial charge in [-0.15, -0.1) is 0 Å². The molecule has 198 valence electrons. The van der Waals surface area contributed by atoms with Crippen molar-refractivity contribution in [1.29, 1.82) is 0 Å². The molecule has 4 rings (SSSR count). The number of nitrogens with zero attached hydrogens (tertiary/aromatic N) is 3. The SMILES string of the molecule is CCNS(=O)(=O)NCc1ccc(Nc2nc(Nc3ccc(N4CCC(F)(F)CC4)cc3)ncc2C)cc1. The number of aromatic nitrogens is 2. The average Bonchev–Trinajstić information content (AvgIpc) is 2.86. The summed E-state index contributed by atoms with van der Waals surface area (Å²) in [4.78, 5) is 10.9. The molecule has 9 nitrogen and oxygen atoms in total. The number of rotatable bonds is 10. The summed E-state index contributed by atoms with van der Waals surface area (Å²) in [6, 6.07) is 14.9. The van der Waals surface area contributed by atoms with Crippen molar-refractivity contribution >= 4 is 39.0 Å². The predicted octanol–water partition coefficient (Wildman–Crippen LogP) is 4.45. The number of benzene rings is 2. The van der Waals surface area contributed by atoms with Crippen molar-refractivity contribution in [2.45, 2.75) is 39.2 Å². The van der Waals surface area contributed by atoms with Crippen LogP contribution in [0.25, 0.3) is 0 Å². The predicted molar refractivity (Wildman–Crippen MR) is 142 cm³/mol. The zero-order chi connectivity index (χ0) is 26.5. The number of piperidine rings is 1. The summed E-state index contributed by atoms with van der Waals surface area (Å²) in [5.41, 5.74) is 4.15. The third-order valence-corrected chi connectivity index (χ3v) is 7.17. The second kappa shape index (κ2) is 11.4. The van der Waals surface area contributed by atoms with Crippen molar-refractivity contribution in [2.75, 3.05) is 35.2 Å². The second-order valence-electron chi connectivity index (χ2n) is 8.88. The van der Waals surface area contributed by atoms with E-state index in [-0.39, 0.29) is 19.4 Å². The van der Waals surface area contributed by atoms with E-state index in [0.29, 0.717) is 31.4 Å². The average molecular weight is 532 g/mol. The van der Waals surface area contributed by atoms with Crippen molar-refractivity contribution in [3.8, 4) is 0 Å². The molecule has 1 aliphatic rings. The molecule has 0 amide bonds. The number of nitrogens with one attached hydrogen (secondary N) is 4. The van der Waals surface area contributed by atoms with E-state index in [0.717, 1.165) is 28.2 Å². The highest BCUT2D eigenvalue weighted by atomic mass is 32.2. The lowest BCUT2D eigenvalue weighted by Crippen LogP contribution is -2.39. The Morgan fingerprint density at radius 1 is 0.946 bits per heavy atom. The summed E-state index contributed by atoms with van der Waals surface area (Å²) < 4.78 is 55.2. The number of halogens is 2. The molecule has 1 fully saturated rings. The van der Waals surface area contributed by atoms with Crippen LogP contribution in [0.4, 0.5) is 37.6 Å². The molecule has 0 saturated carbocycles. The highest BCUT2D eigenvalue weighted by Gasteiger charge is 2.33. The van der Waals surface area contributed by atoms with Gasteiger partial charge in [0.25, 0.3) is 16.1 Å². The molecule has 4 N–H and O–H groups in total. The standard InChI is InChI=1S/C25H31F2N7O2S/c1-3-29-37(35,36)30-17-19-4-6-20(7-5-19)31-23-18(2)16-28-24(33-23)32-21-8-10-22(11-9-21)34-14-12-25(26,27)13-15-34/h4-11,16,29-30H,3,12-15,17H2,1-2H3,(H2,28,31,32,33). The van der Waals surface area contributed by atoms with Gasteiger partial charge >= 0.3 is 0 Å².